The van der Waals surface area contributed by atoms with Gasteiger partial charge in [-0.1, -0.05) is 43.7 Å². The van der Waals surface area contributed by atoms with E-state index in [-0.39, 0.29) is 18.6 Å². The number of carbonyl (C=O) groups excluding carboxylic acids is 2. The van der Waals surface area contributed by atoms with Crippen LogP contribution in [-0.2, 0) is 9.53 Å². The molecule has 6 nitrogen and oxygen atoms in total. The monoisotopic (exact) mass is 391 g/mol. The molecule has 1 aromatic heterocycles. The molecule has 0 saturated carbocycles. The first-order valence-electron chi connectivity index (χ1n) is 9.74. The highest BCUT2D eigenvalue weighted by atomic mass is 16.5. The predicted octanol–water partition coefficient (Wildman–Crippen LogP) is 4.06. The van der Waals surface area contributed by atoms with Crippen molar-refractivity contribution in [2.45, 2.75) is 39.7 Å². The molecule has 0 aliphatic carbocycles. The van der Waals surface area contributed by atoms with Gasteiger partial charge in [0, 0.05) is 0 Å². The molecule has 0 saturated heterocycles. The zero-order valence-electron chi connectivity index (χ0n) is 16.9. The van der Waals surface area contributed by atoms with E-state index < -0.39 is 5.97 Å². The summed E-state index contributed by atoms with van der Waals surface area (Å²) in [6.07, 6.45) is 1.74. The van der Waals surface area contributed by atoms with Crippen LogP contribution in [0.4, 0.5) is 0 Å². The number of nitrogens with zero attached hydrogens (tertiary/aromatic N) is 2. The molecule has 29 heavy (non-hydrogen) atoms. The average molecular weight is 391 g/mol. The standard InChI is InChI=1S/C23H25N3O3/c1-4-8-19(17-9-6-5-7-10-17)26-22(27)14-29-23(28)18-11-12-20-21(13-18)25-16(3)15(2)24-20/h5-7,9-13,19H,4,8,14H2,1-3H3,(H,26,27)/t19-/m0/s1. The van der Waals surface area contributed by atoms with Crippen molar-refractivity contribution in [2.75, 3.05) is 6.61 Å². The molecular weight excluding hydrogens is 366 g/mol. The Morgan fingerprint density at radius 1 is 1.00 bits per heavy atom. The van der Waals surface area contributed by atoms with Gasteiger partial charge in [0.25, 0.3) is 5.91 Å². The lowest BCUT2D eigenvalue weighted by Crippen LogP contribution is -2.32. The molecular formula is C23H25N3O3. The highest BCUT2D eigenvalue weighted by molar-refractivity contribution is 5.94. The third kappa shape index (κ3) is 5.16. The molecule has 0 radical (unpaired) electrons. The summed E-state index contributed by atoms with van der Waals surface area (Å²) in [4.78, 5) is 33.6. The van der Waals surface area contributed by atoms with Crippen molar-refractivity contribution < 1.29 is 14.3 Å². The van der Waals surface area contributed by atoms with Gasteiger partial charge in [-0.05, 0) is 44.0 Å². The number of carbonyl (C=O) groups is 2. The van der Waals surface area contributed by atoms with Crippen LogP contribution >= 0.6 is 0 Å². The fraction of sp³-hybridized carbons (Fsp3) is 0.304. The molecule has 3 rings (SSSR count). The zero-order chi connectivity index (χ0) is 20.8. The molecule has 0 unspecified atom stereocenters. The number of benzene rings is 2. The van der Waals surface area contributed by atoms with Crippen LogP contribution in [0, 0.1) is 13.8 Å². The Labute approximate surface area is 170 Å². The second-order valence-corrected chi connectivity index (χ2v) is 6.99. The molecule has 6 heteroatoms. The van der Waals surface area contributed by atoms with Gasteiger partial charge in [0.2, 0.25) is 0 Å². The summed E-state index contributed by atoms with van der Waals surface area (Å²) in [6, 6.07) is 14.7. The lowest BCUT2D eigenvalue weighted by molar-refractivity contribution is -0.125. The lowest BCUT2D eigenvalue weighted by atomic mass is 10.0. The Balaban J connectivity index is 1.63. The summed E-state index contributed by atoms with van der Waals surface area (Å²) in [6.45, 7) is 5.50. The van der Waals surface area contributed by atoms with E-state index in [1.165, 1.54) is 0 Å². The Bertz CT molecular complexity index is 1020. The van der Waals surface area contributed by atoms with Crippen molar-refractivity contribution in [1.29, 1.82) is 0 Å². The van der Waals surface area contributed by atoms with Gasteiger partial charge < -0.3 is 10.1 Å². The maximum Gasteiger partial charge on any atom is 0.338 e. The third-order valence-electron chi connectivity index (χ3n) is 4.76. The van der Waals surface area contributed by atoms with Gasteiger partial charge in [0.1, 0.15) is 0 Å². The molecule has 0 spiro atoms. The lowest BCUT2D eigenvalue weighted by Gasteiger charge is -2.18. The molecule has 0 fully saturated rings. The van der Waals surface area contributed by atoms with Crippen molar-refractivity contribution in [3.8, 4) is 0 Å². The summed E-state index contributed by atoms with van der Waals surface area (Å²) in [5, 5.41) is 2.95. The first-order chi connectivity index (χ1) is 14.0. The number of aromatic nitrogens is 2. The quantitative estimate of drug-likeness (QED) is 0.614. The zero-order valence-corrected chi connectivity index (χ0v) is 16.9. The topological polar surface area (TPSA) is 81.2 Å². The van der Waals surface area contributed by atoms with Crippen LogP contribution in [0.5, 0.6) is 0 Å². The van der Waals surface area contributed by atoms with Crippen LogP contribution in [0.15, 0.2) is 48.5 Å². The number of amides is 1. The first-order valence-corrected chi connectivity index (χ1v) is 9.74. The van der Waals surface area contributed by atoms with Gasteiger partial charge in [-0.2, -0.15) is 0 Å². The van der Waals surface area contributed by atoms with Gasteiger partial charge in [-0.3, -0.25) is 4.79 Å². The smallest absolute Gasteiger partial charge is 0.338 e. The van der Waals surface area contributed by atoms with E-state index >= 15 is 0 Å². The van der Waals surface area contributed by atoms with Crippen LogP contribution in [-0.4, -0.2) is 28.5 Å². The number of ether oxygens (including phenoxy) is 1. The highest BCUT2D eigenvalue weighted by Crippen LogP contribution is 2.18. The number of aryl methyl sites for hydroxylation is 2. The number of fused-ring (bicyclic) bond motifs is 1. The normalized spacial score (nSPS) is 11.8. The van der Waals surface area contributed by atoms with E-state index in [0.29, 0.717) is 16.6 Å². The highest BCUT2D eigenvalue weighted by Gasteiger charge is 2.16. The Morgan fingerprint density at radius 2 is 1.69 bits per heavy atom. The van der Waals surface area contributed by atoms with Crippen molar-refractivity contribution in [3.63, 3.8) is 0 Å². The Kier molecular flexibility index (Phi) is 6.54. The molecule has 1 amide bonds. The molecule has 2 aromatic carbocycles. The fourth-order valence-corrected chi connectivity index (χ4v) is 3.10. The number of hydrogen-bond acceptors (Lipinski definition) is 5. The van der Waals surface area contributed by atoms with Gasteiger partial charge in [-0.15, -0.1) is 0 Å². The predicted molar refractivity (Wildman–Crippen MR) is 112 cm³/mol. The minimum absolute atomic E-state index is 0.102. The first kappa shape index (κ1) is 20.5. The Morgan fingerprint density at radius 3 is 2.38 bits per heavy atom. The van der Waals surface area contributed by atoms with Crippen LogP contribution in [0.1, 0.15) is 53.1 Å². The van der Waals surface area contributed by atoms with Crippen LogP contribution in [0.25, 0.3) is 11.0 Å². The maximum atomic E-state index is 12.4. The summed E-state index contributed by atoms with van der Waals surface area (Å²) in [5.41, 5.74) is 4.38. The van der Waals surface area contributed by atoms with Crippen LogP contribution in [0.3, 0.4) is 0 Å². The van der Waals surface area contributed by atoms with Crippen LogP contribution in [0.2, 0.25) is 0 Å². The van der Waals surface area contributed by atoms with E-state index in [1.54, 1.807) is 18.2 Å². The molecule has 3 aromatic rings. The summed E-state index contributed by atoms with van der Waals surface area (Å²) < 4.78 is 5.21. The van der Waals surface area contributed by atoms with Crippen molar-refractivity contribution >= 4 is 22.9 Å². The van der Waals surface area contributed by atoms with Crippen LogP contribution < -0.4 is 5.32 Å². The summed E-state index contributed by atoms with van der Waals surface area (Å²) >= 11 is 0. The van der Waals surface area contributed by atoms with E-state index in [0.717, 1.165) is 29.8 Å². The van der Waals surface area contributed by atoms with E-state index in [9.17, 15) is 9.59 Å². The van der Waals surface area contributed by atoms with E-state index in [4.69, 9.17) is 4.74 Å². The fourth-order valence-electron chi connectivity index (χ4n) is 3.10. The summed E-state index contributed by atoms with van der Waals surface area (Å²) in [5.74, 6) is -0.887. The minimum Gasteiger partial charge on any atom is -0.452 e. The van der Waals surface area contributed by atoms with Crippen molar-refractivity contribution in [1.82, 2.24) is 15.3 Å². The number of hydrogen-bond donors (Lipinski definition) is 1. The van der Waals surface area contributed by atoms with Gasteiger partial charge >= 0.3 is 5.97 Å². The molecule has 1 N–H and O–H groups in total. The van der Waals surface area contributed by atoms with Crippen molar-refractivity contribution in [3.05, 3.63) is 71.0 Å². The van der Waals surface area contributed by atoms with Crippen molar-refractivity contribution in [2.24, 2.45) is 0 Å². The summed E-state index contributed by atoms with van der Waals surface area (Å²) in [7, 11) is 0. The molecule has 150 valence electrons. The average Bonchev–Trinajstić information content (AvgIpc) is 2.73. The molecule has 0 aliphatic rings. The Hall–Kier alpha value is -3.28. The minimum atomic E-state index is -0.561. The maximum absolute atomic E-state index is 12.4. The molecule has 0 bridgehead atoms. The van der Waals surface area contributed by atoms with Gasteiger partial charge in [-0.25, -0.2) is 14.8 Å². The molecule has 1 atom stereocenters. The van der Waals surface area contributed by atoms with E-state index in [2.05, 4.69) is 22.2 Å². The SMILES string of the molecule is CCC[C@H](NC(=O)COC(=O)c1ccc2nc(C)c(C)nc2c1)c1ccccc1. The molecule has 1 heterocycles. The molecule has 0 aliphatic heterocycles. The number of esters is 1. The second kappa shape index (κ2) is 9.28. The number of nitrogens with one attached hydrogen (secondary N) is 1. The largest absolute Gasteiger partial charge is 0.452 e. The third-order valence-corrected chi connectivity index (χ3v) is 4.76. The van der Waals surface area contributed by atoms with Gasteiger partial charge in [0.05, 0.1) is 34.0 Å². The second-order valence-electron chi connectivity index (χ2n) is 6.99. The number of rotatable bonds is 7. The van der Waals surface area contributed by atoms with Gasteiger partial charge in [0.15, 0.2) is 6.61 Å². The van der Waals surface area contributed by atoms with E-state index in [1.807, 2.05) is 44.2 Å².